The van der Waals surface area contributed by atoms with E-state index >= 15 is 0 Å². The molecule has 0 saturated heterocycles. The first-order chi connectivity index (χ1) is 26.2. The number of amides is 3. The molecule has 3 aromatic carbocycles. The summed E-state index contributed by atoms with van der Waals surface area (Å²) < 4.78 is 36.7. The van der Waals surface area contributed by atoms with E-state index in [4.69, 9.17) is 9.47 Å². The van der Waals surface area contributed by atoms with Crippen LogP contribution in [0.5, 0.6) is 5.75 Å². The summed E-state index contributed by atoms with van der Waals surface area (Å²) in [6.07, 6.45) is 3.77. The van der Waals surface area contributed by atoms with Crippen LogP contribution in [0.15, 0.2) is 98.1 Å². The lowest BCUT2D eigenvalue weighted by Crippen LogP contribution is -2.44. The number of carbonyl (C=O) groups is 3. The molecular weight excluding hydrogens is 721 g/mol. The second kappa shape index (κ2) is 25.9. The molecule has 13 heteroatoms. The van der Waals surface area contributed by atoms with Gasteiger partial charge in [-0.25, -0.2) is 8.42 Å². The van der Waals surface area contributed by atoms with Crippen LogP contribution in [-0.2, 0) is 43.7 Å². The van der Waals surface area contributed by atoms with Crippen LogP contribution in [-0.4, -0.2) is 83.1 Å². The number of methoxy groups -OCH3 is 2. The van der Waals surface area contributed by atoms with Gasteiger partial charge < -0.3 is 30.5 Å². The number of rotatable bonds is 19. The molecule has 2 atom stereocenters. The van der Waals surface area contributed by atoms with E-state index in [-0.39, 0.29) is 31.0 Å². The Morgan fingerprint density at radius 1 is 0.855 bits per heavy atom. The summed E-state index contributed by atoms with van der Waals surface area (Å²) >= 11 is 0. The molecule has 302 valence electrons. The number of allylic oxidation sites excluding steroid dienone is 2. The normalized spacial score (nSPS) is 11.7. The summed E-state index contributed by atoms with van der Waals surface area (Å²) in [4.78, 5) is 37.5. The molecule has 1 unspecified atom stereocenters. The van der Waals surface area contributed by atoms with Crippen molar-refractivity contribution in [3.8, 4) is 5.75 Å². The number of carbonyl (C=O) groups excluding carboxylic acids is 3. The Labute approximate surface area is 328 Å². The molecule has 0 heterocycles. The average molecular weight is 781 g/mol. The molecule has 4 N–H and O–H groups in total. The Kier molecular flexibility index (Phi) is 22.7. The largest absolute Gasteiger partial charge is 0.497 e. The van der Waals surface area contributed by atoms with Crippen molar-refractivity contribution in [1.82, 2.24) is 16.0 Å². The van der Waals surface area contributed by atoms with Gasteiger partial charge in [-0.1, -0.05) is 74.9 Å². The standard InChI is InChI=1S/C29H40N4O7S.C10H12O.C3H8/c1-6-10-22-13-23(15-24(14-22)33(4)41(38,39)20(2)3)28(36)31-18-25(34)16-26(40-5)29(37)32-19-27(35)30-17-21-11-8-7-9-12-21;1-3-5-9-6-4-7-10(8-9)11-2;1-3-2/h6-9,11-15,20,25-26,34H,1,10,16-19H2,2-5H3,(H,30,35)(H,31,36)(H,32,37);3-4,6-8H,1,5H2,2H3;3H2,1-2H3/t25?,26-;;/m1../s1. The average Bonchev–Trinajstić information content (AvgIpc) is 3.18. The Morgan fingerprint density at radius 2 is 1.47 bits per heavy atom. The second-order valence-electron chi connectivity index (χ2n) is 12.8. The predicted octanol–water partition coefficient (Wildman–Crippen LogP) is 5.36. The van der Waals surface area contributed by atoms with Crippen molar-refractivity contribution in [2.24, 2.45) is 0 Å². The number of hydrogen-bond acceptors (Lipinski definition) is 8. The Morgan fingerprint density at radius 3 is 2.05 bits per heavy atom. The first-order valence-electron chi connectivity index (χ1n) is 18.2. The van der Waals surface area contributed by atoms with Gasteiger partial charge in [0.2, 0.25) is 21.8 Å². The highest BCUT2D eigenvalue weighted by Gasteiger charge is 2.25. The fraction of sp³-hybridized carbons (Fsp3) is 0.405. The van der Waals surface area contributed by atoms with Crippen LogP contribution >= 0.6 is 0 Å². The van der Waals surface area contributed by atoms with Crippen LogP contribution in [0, 0.1) is 0 Å². The first-order valence-corrected chi connectivity index (χ1v) is 19.7. The number of aliphatic hydroxyl groups excluding tert-OH is 1. The van der Waals surface area contributed by atoms with E-state index in [0.29, 0.717) is 24.2 Å². The third-order valence-electron chi connectivity index (χ3n) is 7.79. The summed E-state index contributed by atoms with van der Waals surface area (Å²) in [6.45, 7) is 14.6. The van der Waals surface area contributed by atoms with Gasteiger partial charge >= 0.3 is 0 Å². The predicted molar refractivity (Wildman–Crippen MR) is 221 cm³/mol. The van der Waals surface area contributed by atoms with Crippen LogP contribution in [0.25, 0.3) is 0 Å². The summed E-state index contributed by atoms with van der Waals surface area (Å²) in [7, 11) is 0.784. The lowest BCUT2D eigenvalue weighted by atomic mass is 10.1. The van der Waals surface area contributed by atoms with E-state index in [1.165, 1.54) is 32.2 Å². The molecule has 0 aliphatic heterocycles. The van der Waals surface area contributed by atoms with E-state index in [9.17, 15) is 27.9 Å². The molecular formula is C42H60N4O8S. The van der Waals surface area contributed by atoms with Crippen LogP contribution in [0.1, 0.15) is 67.6 Å². The fourth-order valence-corrected chi connectivity index (χ4v) is 5.83. The van der Waals surface area contributed by atoms with Gasteiger partial charge in [-0.3, -0.25) is 18.7 Å². The quantitative estimate of drug-likeness (QED) is 0.118. The Bertz CT molecular complexity index is 1750. The van der Waals surface area contributed by atoms with Crippen molar-refractivity contribution < 1.29 is 37.4 Å². The lowest BCUT2D eigenvalue weighted by molar-refractivity contribution is -0.134. The number of anilines is 1. The Hall–Kier alpha value is -4.98. The molecule has 0 fully saturated rings. The second-order valence-corrected chi connectivity index (χ2v) is 15.3. The number of aliphatic hydroxyl groups is 1. The zero-order valence-electron chi connectivity index (χ0n) is 33.3. The number of benzene rings is 3. The fourth-order valence-electron chi connectivity index (χ4n) is 4.79. The third-order valence-corrected chi connectivity index (χ3v) is 9.96. The number of ether oxygens (including phenoxy) is 2. The molecule has 3 rings (SSSR count). The van der Waals surface area contributed by atoms with Crippen molar-refractivity contribution in [2.45, 2.75) is 77.4 Å². The monoisotopic (exact) mass is 780 g/mol. The van der Waals surface area contributed by atoms with Gasteiger partial charge in [0.25, 0.3) is 5.91 Å². The van der Waals surface area contributed by atoms with Crippen molar-refractivity contribution in [3.05, 3.63) is 120 Å². The number of sulfonamides is 1. The van der Waals surface area contributed by atoms with E-state index in [1.807, 2.05) is 54.6 Å². The van der Waals surface area contributed by atoms with E-state index in [1.54, 1.807) is 39.2 Å². The van der Waals surface area contributed by atoms with E-state index in [2.05, 4.69) is 49.0 Å². The van der Waals surface area contributed by atoms with Gasteiger partial charge in [0.05, 0.1) is 30.7 Å². The molecule has 55 heavy (non-hydrogen) atoms. The van der Waals surface area contributed by atoms with Gasteiger partial charge in [-0.2, -0.15) is 0 Å². The van der Waals surface area contributed by atoms with Crippen molar-refractivity contribution in [2.75, 3.05) is 38.7 Å². The van der Waals surface area contributed by atoms with Crippen LogP contribution < -0.4 is 25.0 Å². The number of nitrogens with zero attached hydrogens (tertiary/aromatic N) is 1. The third kappa shape index (κ3) is 17.8. The SMILES string of the molecule is C=CCc1cc(C(=O)NCC(O)C[C@@H](OC)C(=O)NCC(=O)NCc2ccccc2)cc(N(C)S(=O)(=O)C(C)C)c1.C=CCc1cccc(OC)c1.CCC. The highest BCUT2D eigenvalue weighted by Crippen LogP contribution is 2.23. The molecule has 12 nitrogen and oxygen atoms in total. The highest BCUT2D eigenvalue weighted by molar-refractivity contribution is 7.93. The van der Waals surface area contributed by atoms with E-state index in [0.717, 1.165) is 22.0 Å². The molecule has 3 aromatic rings. The molecule has 0 aromatic heterocycles. The number of hydrogen-bond donors (Lipinski definition) is 4. The minimum Gasteiger partial charge on any atom is -0.497 e. The van der Waals surface area contributed by atoms with Gasteiger partial charge in [0.1, 0.15) is 11.9 Å². The summed E-state index contributed by atoms with van der Waals surface area (Å²) in [5, 5.41) is 17.6. The smallest absolute Gasteiger partial charge is 0.251 e. The first kappa shape index (κ1) is 48.0. The van der Waals surface area contributed by atoms with Gasteiger partial charge in [0.15, 0.2) is 0 Å². The van der Waals surface area contributed by atoms with Crippen molar-refractivity contribution >= 4 is 33.4 Å². The molecule has 0 aliphatic rings. The number of nitrogens with one attached hydrogen (secondary N) is 3. The zero-order chi connectivity index (χ0) is 41.4. The van der Waals surface area contributed by atoms with Crippen LogP contribution in [0.3, 0.4) is 0 Å². The van der Waals surface area contributed by atoms with Crippen molar-refractivity contribution in [3.63, 3.8) is 0 Å². The van der Waals surface area contributed by atoms with E-state index < -0.39 is 39.3 Å². The molecule has 3 amide bonds. The van der Waals surface area contributed by atoms with Gasteiger partial charge in [0, 0.05) is 39.2 Å². The molecule has 0 radical (unpaired) electrons. The zero-order valence-corrected chi connectivity index (χ0v) is 34.2. The summed E-state index contributed by atoms with van der Waals surface area (Å²) in [5.74, 6) is -0.580. The minimum atomic E-state index is -3.62. The topological polar surface area (TPSA) is 163 Å². The molecule has 0 saturated carbocycles. The lowest BCUT2D eigenvalue weighted by Gasteiger charge is -2.23. The summed E-state index contributed by atoms with van der Waals surface area (Å²) in [6, 6.07) is 22.1. The van der Waals surface area contributed by atoms with Crippen LogP contribution in [0.4, 0.5) is 5.69 Å². The van der Waals surface area contributed by atoms with Gasteiger partial charge in [-0.05, 0) is 73.7 Å². The maximum Gasteiger partial charge on any atom is 0.251 e. The molecule has 0 bridgehead atoms. The van der Waals surface area contributed by atoms with Gasteiger partial charge in [-0.15, -0.1) is 13.2 Å². The maximum absolute atomic E-state index is 12.9. The minimum absolute atomic E-state index is 0.134. The van der Waals surface area contributed by atoms with Crippen LogP contribution in [0.2, 0.25) is 0 Å². The maximum atomic E-state index is 12.9. The Balaban J connectivity index is 0.000000904. The molecule has 0 aliphatic carbocycles. The van der Waals surface area contributed by atoms with Crippen molar-refractivity contribution in [1.29, 1.82) is 0 Å². The molecule has 0 spiro atoms. The highest BCUT2D eigenvalue weighted by atomic mass is 32.2. The summed E-state index contributed by atoms with van der Waals surface area (Å²) in [5.41, 5.74) is 3.38.